The van der Waals surface area contributed by atoms with Crippen LogP contribution < -0.4 is 10.1 Å². The lowest BCUT2D eigenvalue weighted by atomic mass is 10.1. The Balaban J connectivity index is 1.83. The molecule has 0 fully saturated rings. The Hall–Kier alpha value is -3.60. The number of amides is 1. The number of ether oxygens (including phenoxy) is 2. The van der Waals surface area contributed by atoms with Gasteiger partial charge >= 0.3 is 5.97 Å². The zero-order chi connectivity index (χ0) is 19.9. The highest BCUT2D eigenvalue weighted by Crippen LogP contribution is 2.23. The number of benzene rings is 3. The summed E-state index contributed by atoms with van der Waals surface area (Å²) in [7, 11) is 1.52. The normalized spacial score (nSPS) is 11.4. The maximum Gasteiger partial charge on any atom is 0.339 e. The Bertz CT molecular complexity index is 952. The lowest BCUT2D eigenvalue weighted by Gasteiger charge is -2.18. The Morgan fingerprint density at radius 3 is 2.29 bits per heavy atom. The number of methoxy groups -OCH3 is 1. The number of hydrogen-bond donors (Lipinski definition) is 1. The lowest BCUT2D eigenvalue weighted by molar-refractivity contribution is -0.125. The first-order valence-corrected chi connectivity index (χ1v) is 8.84. The van der Waals surface area contributed by atoms with Crippen LogP contribution in [-0.4, -0.2) is 19.0 Å². The lowest BCUT2D eigenvalue weighted by Crippen LogP contribution is -2.26. The van der Waals surface area contributed by atoms with Gasteiger partial charge in [-0.1, -0.05) is 54.1 Å². The van der Waals surface area contributed by atoms with Crippen LogP contribution in [0.2, 0.25) is 0 Å². The predicted molar refractivity (Wildman–Crippen MR) is 107 cm³/mol. The van der Waals surface area contributed by atoms with Crippen LogP contribution in [0.4, 0.5) is 5.69 Å². The molecule has 0 aliphatic heterocycles. The van der Waals surface area contributed by atoms with Gasteiger partial charge in [0.15, 0.2) is 0 Å². The van der Waals surface area contributed by atoms with Gasteiger partial charge in [0, 0.05) is 11.3 Å². The van der Waals surface area contributed by atoms with E-state index in [1.54, 1.807) is 60.7 Å². The Morgan fingerprint density at radius 2 is 1.61 bits per heavy atom. The second-order valence-electron chi connectivity index (χ2n) is 6.28. The molecule has 1 N–H and O–H groups in total. The van der Waals surface area contributed by atoms with Gasteiger partial charge in [-0.05, 0) is 37.3 Å². The molecule has 3 rings (SSSR count). The third-order valence-corrected chi connectivity index (χ3v) is 4.19. The van der Waals surface area contributed by atoms with Crippen molar-refractivity contribution in [1.29, 1.82) is 0 Å². The molecular formula is C23H21NO4. The van der Waals surface area contributed by atoms with Crippen molar-refractivity contribution in [3.8, 4) is 5.75 Å². The highest BCUT2D eigenvalue weighted by molar-refractivity contribution is 5.98. The van der Waals surface area contributed by atoms with Crippen LogP contribution in [-0.2, 0) is 9.53 Å². The van der Waals surface area contributed by atoms with E-state index in [9.17, 15) is 9.59 Å². The number of rotatable bonds is 6. The molecular weight excluding hydrogens is 354 g/mol. The molecule has 1 amide bonds. The number of anilines is 1. The first kappa shape index (κ1) is 19.2. The fraction of sp³-hybridized carbons (Fsp3) is 0.130. The first-order chi connectivity index (χ1) is 13.6. The molecule has 28 heavy (non-hydrogen) atoms. The van der Waals surface area contributed by atoms with Crippen molar-refractivity contribution in [3.63, 3.8) is 0 Å². The van der Waals surface area contributed by atoms with E-state index in [0.717, 1.165) is 5.56 Å². The van der Waals surface area contributed by atoms with Gasteiger partial charge in [-0.3, -0.25) is 4.79 Å². The maximum absolute atomic E-state index is 12.9. The third-order valence-electron chi connectivity index (χ3n) is 4.19. The van der Waals surface area contributed by atoms with Gasteiger partial charge < -0.3 is 14.8 Å². The summed E-state index contributed by atoms with van der Waals surface area (Å²) in [5.41, 5.74) is 2.61. The molecule has 3 aromatic rings. The summed E-state index contributed by atoms with van der Waals surface area (Å²) in [5.74, 6) is -0.493. The molecule has 0 unspecified atom stereocenters. The molecule has 1 atom stereocenters. The van der Waals surface area contributed by atoms with Gasteiger partial charge in [-0.2, -0.15) is 0 Å². The monoisotopic (exact) mass is 375 g/mol. The molecule has 0 saturated carbocycles. The Kier molecular flexibility index (Phi) is 6.07. The fourth-order valence-electron chi connectivity index (χ4n) is 2.67. The maximum atomic E-state index is 12.9. The fourth-order valence-corrected chi connectivity index (χ4v) is 2.67. The molecule has 3 aromatic carbocycles. The van der Waals surface area contributed by atoms with Gasteiger partial charge in [0.25, 0.3) is 5.91 Å². The minimum Gasteiger partial charge on any atom is -0.497 e. The summed E-state index contributed by atoms with van der Waals surface area (Å²) in [6.45, 7) is 1.97. The van der Waals surface area contributed by atoms with E-state index in [0.29, 0.717) is 22.6 Å². The van der Waals surface area contributed by atoms with Crippen LogP contribution in [0, 0.1) is 6.92 Å². The van der Waals surface area contributed by atoms with E-state index in [4.69, 9.17) is 9.47 Å². The summed E-state index contributed by atoms with van der Waals surface area (Å²) in [6, 6.07) is 22.9. The summed E-state index contributed by atoms with van der Waals surface area (Å²) in [5, 5.41) is 2.81. The molecule has 0 heterocycles. The number of esters is 1. The molecule has 5 nitrogen and oxygen atoms in total. The van der Waals surface area contributed by atoms with E-state index in [1.165, 1.54) is 7.11 Å². The summed E-state index contributed by atoms with van der Waals surface area (Å²) in [6.07, 6.45) is -1.08. The highest BCUT2D eigenvalue weighted by atomic mass is 16.5. The number of aryl methyl sites for hydroxylation is 1. The Labute approximate surface area is 163 Å². The topological polar surface area (TPSA) is 64.6 Å². The number of nitrogens with one attached hydrogen (secondary N) is 1. The average molecular weight is 375 g/mol. The SMILES string of the molecule is COc1cccc(C(=O)O[C@H](C(=O)Nc2ccc(C)cc2)c2ccccc2)c1. The molecule has 0 aliphatic rings. The van der Waals surface area contributed by atoms with Crippen molar-refractivity contribution >= 4 is 17.6 Å². The minimum absolute atomic E-state index is 0.309. The van der Waals surface area contributed by atoms with Crippen LogP contribution >= 0.6 is 0 Å². The number of carbonyl (C=O) groups is 2. The average Bonchev–Trinajstić information content (AvgIpc) is 2.74. The van der Waals surface area contributed by atoms with Crippen molar-refractivity contribution in [2.24, 2.45) is 0 Å². The summed E-state index contributed by atoms with van der Waals surface area (Å²) in [4.78, 5) is 25.5. The van der Waals surface area contributed by atoms with Crippen molar-refractivity contribution < 1.29 is 19.1 Å². The van der Waals surface area contributed by atoms with Crippen molar-refractivity contribution in [1.82, 2.24) is 0 Å². The van der Waals surface area contributed by atoms with Gasteiger partial charge in [0.2, 0.25) is 6.10 Å². The van der Waals surface area contributed by atoms with Crippen LogP contribution in [0.1, 0.15) is 27.6 Å². The highest BCUT2D eigenvalue weighted by Gasteiger charge is 2.26. The van der Waals surface area contributed by atoms with Crippen LogP contribution in [0.15, 0.2) is 78.9 Å². The quantitative estimate of drug-likeness (QED) is 0.643. The number of carbonyl (C=O) groups excluding carboxylic acids is 2. The van der Waals surface area contributed by atoms with Crippen LogP contribution in [0.5, 0.6) is 5.75 Å². The second kappa shape index (κ2) is 8.86. The van der Waals surface area contributed by atoms with Crippen molar-refractivity contribution in [2.45, 2.75) is 13.0 Å². The summed E-state index contributed by atoms with van der Waals surface area (Å²) < 4.78 is 10.7. The van der Waals surface area contributed by atoms with E-state index in [2.05, 4.69) is 5.32 Å². The van der Waals surface area contributed by atoms with Gasteiger partial charge in [-0.15, -0.1) is 0 Å². The first-order valence-electron chi connectivity index (χ1n) is 8.84. The molecule has 142 valence electrons. The zero-order valence-electron chi connectivity index (χ0n) is 15.7. The zero-order valence-corrected chi connectivity index (χ0v) is 15.7. The third kappa shape index (κ3) is 4.76. The number of hydrogen-bond acceptors (Lipinski definition) is 4. The van der Waals surface area contributed by atoms with E-state index in [-0.39, 0.29) is 0 Å². The van der Waals surface area contributed by atoms with E-state index < -0.39 is 18.0 Å². The smallest absolute Gasteiger partial charge is 0.339 e. The molecule has 0 radical (unpaired) electrons. The van der Waals surface area contributed by atoms with Crippen molar-refractivity contribution in [2.75, 3.05) is 12.4 Å². The van der Waals surface area contributed by atoms with E-state index in [1.807, 2.05) is 25.1 Å². The van der Waals surface area contributed by atoms with Gasteiger partial charge in [0.1, 0.15) is 5.75 Å². The molecule has 0 saturated heterocycles. The van der Waals surface area contributed by atoms with E-state index >= 15 is 0 Å². The molecule has 5 heteroatoms. The minimum atomic E-state index is -1.08. The molecule has 0 aliphatic carbocycles. The van der Waals surface area contributed by atoms with Crippen LogP contribution in [0.25, 0.3) is 0 Å². The molecule has 0 spiro atoms. The van der Waals surface area contributed by atoms with Crippen LogP contribution in [0.3, 0.4) is 0 Å². The standard InChI is InChI=1S/C23H21NO4/c1-16-11-13-19(14-12-16)24-22(25)21(17-7-4-3-5-8-17)28-23(26)18-9-6-10-20(15-18)27-2/h3-15,21H,1-2H3,(H,24,25)/t21-/m0/s1. The van der Waals surface area contributed by atoms with Crippen molar-refractivity contribution in [3.05, 3.63) is 95.6 Å². The Morgan fingerprint density at radius 1 is 0.893 bits per heavy atom. The van der Waals surface area contributed by atoms with Gasteiger partial charge in [-0.25, -0.2) is 4.79 Å². The summed E-state index contributed by atoms with van der Waals surface area (Å²) >= 11 is 0. The molecule has 0 bridgehead atoms. The second-order valence-corrected chi connectivity index (χ2v) is 6.28. The molecule has 0 aromatic heterocycles. The predicted octanol–water partition coefficient (Wildman–Crippen LogP) is 4.54. The van der Waals surface area contributed by atoms with Gasteiger partial charge in [0.05, 0.1) is 12.7 Å². The largest absolute Gasteiger partial charge is 0.497 e.